The van der Waals surface area contributed by atoms with Crippen molar-refractivity contribution in [2.75, 3.05) is 12.4 Å². The Morgan fingerprint density at radius 2 is 2.00 bits per heavy atom. The summed E-state index contributed by atoms with van der Waals surface area (Å²) in [4.78, 5) is 10.1. The highest BCUT2D eigenvalue weighted by Crippen LogP contribution is 2.22. The maximum atomic E-state index is 11.7. The van der Waals surface area contributed by atoms with Crippen LogP contribution in [0.1, 0.15) is 0 Å². The van der Waals surface area contributed by atoms with Crippen LogP contribution in [0.5, 0.6) is 0 Å². The summed E-state index contributed by atoms with van der Waals surface area (Å²) in [6.07, 6.45) is 0. The summed E-state index contributed by atoms with van der Waals surface area (Å²) in [5.41, 5.74) is 0. The van der Waals surface area contributed by atoms with Crippen molar-refractivity contribution < 1.29 is 17.9 Å². The average molecular weight is 293 g/mol. The third-order valence-electron chi connectivity index (χ3n) is 1.71. The smallest absolute Gasteiger partial charge is 0.293 e. The monoisotopic (exact) mass is 292 g/mol. The van der Waals surface area contributed by atoms with Crippen molar-refractivity contribution in [2.45, 2.75) is 4.90 Å². The van der Waals surface area contributed by atoms with Crippen molar-refractivity contribution in [2.24, 2.45) is 0 Å². The fraction of sp³-hybridized carbons (Fsp3) is 0.222. The molecule has 6 heteroatoms. The average Bonchev–Trinajstić information content (AvgIpc) is 2.18. The summed E-state index contributed by atoms with van der Waals surface area (Å²) in [5, 5.41) is 0. The first-order valence-corrected chi connectivity index (χ1v) is 6.55. The molecule has 1 rings (SSSR count). The molecule has 0 unspecified atom stereocenters. The predicted molar refractivity (Wildman–Crippen MR) is 58.2 cm³/mol. The molecule has 0 aliphatic rings. The van der Waals surface area contributed by atoms with Crippen molar-refractivity contribution in [3.8, 4) is 0 Å². The van der Waals surface area contributed by atoms with Crippen molar-refractivity contribution in [3.05, 3.63) is 28.7 Å². The van der Waals surface area contributed by atoms with E-state index in [1.807, 2.05) is 0 Å². The van der Waals surface area contributed by atoms with Crippen LogP contribution < -0.4 is 0 Å². The van der Waals surface area contributed by atoms with Crippen LogP contribution in [0.15, 0.2) is 33.6 Å². The minimum Gasteiger partial charge on any atom is -0.467 e. The van der Waals surface area contributed by atoms with Gasteiger partial charge in [0.2, 0.25) is 0 Å². The number of halogens is 1. The van der Waals surface area contributed by atoms with E-state index in [-0.39, 0.29) is 23.7 Å². The Balaban J connectivity index is 2.87. The van der Waals surface area contributed by atoms with E-state index >= 15 is 0 Å². The Morgan fingerprint density at radius 3 is 2.60 bits per heavy atom. The number of carbonyl (C=O) groups excluding carboxylic acids is 1. The summed E-state index contributed by atoms with van der Waals surface area (Å²) in [6, 6.07) is 6.51. The minimum absolute atomic E-state index is 0.132. The molecule has 0 heterocycles. The third-order valence-corrected chi connectivity index (χ3v) is 4.39. The molecule has 1 aromatic carbocycles. The van der Waals surface area contributed by atoms with Crippen molar-refractivity contribution in [3.63, 3.8) is 0 Å². The van der Waals surface area contributed by atoms with Gasteiger partial charge in [0.1, 0.15) is 6.61 Å². The van der Waals surface area contributed by atoms with E-state index in [4.69, 9.17) is 0 Å². The molecule has 0 radical (unpaired) electrons. The summed E-state index contributed by atoms with van der Waals surface area (Å²) in [6.45, 7) is 0.0999. The molecule has 0 fully saturated rings. The van der Waals surface area contributed by atoms with Gasteiger partial charge in [-0.3, -0.25) is 4.79 Å². The lowest BCUT2D eigenvalue weighted by Crippen LogP contribution is -2.12. The molecular formula is C9H9BrO4S. The Labute approximate surface area is 96.3 Å². The lowest BCUT2D eigenvalue weighted by Gasteiger charge is -2.05. The van der Waals surface area contributed by atoms with E-state index < -0.39 is 9.84 Å². The number of benzene rings is 1. The van der Waals surface area contributed by atoms with Crippen LogP contribution in [0.2, 0.25) is 0 Å². The number of sulfone groups is 1. The van der Waals surface area contributed by atoms with Crippen LogP contribution in [0.3, 0.4) is 0 Å². The van der Waals surface area contributed by atoms with Gasteiger partial charge < -0.3 is 4.74 Å². The molecule has 0 atom stereocenters. The van der Waals surface area contributed by atoms with Gasteiger partial charge in [-0.2, -0.15) is 0 Å². The Bertz CT molecular complexity index is 441. The van der Waals surface area contributed by atoms with Gasteiger partial charge in [0.25, 0.3) is 6.47 Å². The minimum atomic E-state index is -3.39. The van der Waals surface area contributed by atoms with E-state index in [0.29, 0.717) is 4.47 Å². The van der Waals surface area contributed by atoms with Crippen molar-refractivity contribution >= 4 is 32.2 Å². The molecule has 0 bridgehead atoms. The zero-order chi connectivity index (χ0) is 11.3. The van der Waals surface area contributed by atoms with Gasteiger partial charge in [-0.15, -0.1) is 0 Å². The number of ether oxygens (including phenoxy) is 1. The highest BCUT2D eigenvalue weighted by Gasteiger charge is 2.16. The standard InChI is InChI=1S/C9H9BrO4S/c10-8-3-1-2-4-9(8)15(12,13)6-5-14-7-11/h1-4,7H,5-6H2. The summed E-state index contributed by atoms with van der Waals surface area (Å²) >= 11 is 3.15. The quantitative estimate of drug-likeness (QED) is 0.608. The molecule has 0 aromatic heterocycles. The van der Waals surface area contributed by atoms with E-state index in [1.165, 1.54) is 6.07 Å². The van der Waals surface area contributed by atoms with Crippen LogP contribution in [0, 0.1) is 0 Å². The first kappa shape index (κ1) is 12.2. The molecule has 82 valence electrons. The van der Waals surface area contributed by atoms with Gasteiger partial charge >= 0.3 is 0 Å². The largest absolute Gasteiger partial charge is 0.467 e. The maximum absolute atomic E-state index is 11.7. The molecular weight excluding hydrogens is 284 g/mol. The van der Waals surface area contributed by atoms with Crippen LogP contribution in [-0.2, 0) is 19.4 Å². The van der Waals surface area contributed by atoms with E-state index in [1.54, 1.807) is 18.2 Å². The molecule has 0 aliphatic carbocycles. The fourth-order valence-corrected chi connectivity index (χ4v) is 3.22. The number of hydrogen-bond donors (Lipinski definition) is 0. The van der Waals surface area contributed by atoms with Crippen LogP contribution in [-0.4, -0.2) is 27.2 Å². The van der Waals surface area contributed by atoms with Crippen LogP contribution >= 0.6 is 15.9 Å². The first-order valence-electron chi connectivity index (χ1n) is 4.10. The molecule has 0 N–H and O–H groups in total. The summed E-state index contributed by atoms with van der Waals surface area (Å²) in [7, 11) is -3.39. The number of rotatable bonds is 5. The second kappa shape index (κ2) is 5.27. The Morgan fingerprint density at radius 1 is 1.33 bits per heavy atom. The third kappa shape index (κ3) is 3.32. The maximum Gasteiger partial charge on any atom is 0.293 e. The second-order valence-electron chi connectivity index (χ2n) is 2.72. The fourth-order valence-electron chi connectivity index (χ4n) is 1.01. The topological polar surface area (TPSA) is 60.4 Å². The number of hydrogen-bond acceptors (Lipinski definition) is 4. The summed E-state index contributed by atoms with van der Waals surface area (Å²) < 4.78 is 28.3. The van der Waals surface area contributed by atoms with Crippen LogP contribution in [0.4, 0.5) is 0 Å². The predicted octanol–water partition coefficient (Wildman–Crippen LogP) is 1.40. The molecule has 15 heavy (non-hydrogen) atoms. The van der Waals surface area contributed by atoms with Crippen LogP contribution in [0.25, 0.3) is 0 Å². The van der Waals surface area contributed by atoms with Gasteiger partial charge in [-0.25, -0.2) is 8.42 Å². The lowest BCUT2D eigenvalue weighted by molar-refractivity contribution is -0.128. The van der Waals surface area contributed by atoms with E-state index in [0.717, 1.165) is 0 Å². The van der Waals surface area contributed by atoms with Crippen molar-refractivity contribution in [1.29, 1.82) is 0 Å². The molecule has 0 saturated carbocycles. The van der Waals surface area contributed by atoms with Gasteiger partial charge in [0, 0.05) is 4.47 Å². The Hall–Kier alpha value is -0.880. The molecule has 0 spiro atoms. The SMILES string of the molecule is O=COCCS(=O)(=O)c1ccccc1Br. The zero-order valence-electron chi connectivity index (χ0n) is 7.72. The highest BCUT2D eigenvalue weighted by molar-refractivity contribution is 9.10. The van der Waals surface area contributed by atoms with Gasteiger partial charge in [0.15, 0.2) is 9.84 Å². The number of carbonyl (C=O) groups is 1. The van der Waals surface area contributed by atoms with Gasteiger partial charge in [-0.05, 0) is 28.1 Å². The van der Waals surface area contributed by atoms with E-state index in [2.05, 4.69) is 20.7 Å². The van der Waals surface area contributed by atoms with Gasteiger partial charge in [0.05, 0.1) is 10.6 Å². The normalized spacial score (nSPS) is 11.0. The molecule has 0 amide bonds. The molecule has 0 saturated heterocycles. The lowest BCUT2D eigenvalue weighted by atomic mass is 10.4. The Kier molecular flexibility index (Phi) is 4.28. The zero-order valence-corrected chi connectivity index (χ0v) is 10.1. The summed E-state index contributed by atoms with van der Waals surface area (Å²) in [5.74, 6) is -0.214. The second-order valence-corrected chi connectivity index (χ2v) is 5.65. The molecule has 0 aliphatic heterocycles. The molecule has 4 nitrogen and oxygen atoms in total. The van der Waals surface area contributed by atoms with E-state index in [9.17, 15) is 13.2 Å². The van der Waals surface area contributed by atoms with Gasteiger partial charge in [-0.1, -0.05) is 12.1 Å². The first-order chi connectivity index (χ1) is 7.08. The van der Waals surface area contributed by atoms with Crippen molar-refractivity contribution in [1.82, 2.24) is 0 Å². The molecule has 1 aromatic rings. The highest BCUT2D eigenvalue weighted by atomic mass is 79.9.